The van der Waals surface area contributed by atoms with Crippen molar-refractivity contribution in [2.75, 3.05) is 11.6 Å². The second-order valence-corrected chi connectivity index (χ2v) is 2.35. The van der Waals surface area contributed by atoms with Crippen LogP contribution in [0.1, 0.15) is 0 Å². The molecule has 0 aliphatic rings. The molecule has 0 saturated carbocycles. The SMILES string of the molecule is O=NN(CC(=O)[O-])c1ccccc1.[Na+]. The molecular weight excluding hydrogens is 195 g/mol. The van der Waals surface area contributed by atoms with Gasteiger partial charge in [-0.3, -0.25) is 0 Å². The summed E-state index contributed by atoms with van der Waals surface area (Å²) in [6, 6.07) is 8.30. The number of hydrogen-bond donors (Lipinski definition) is 0. The Morgan fingerprint density at radius 1 is 1.36 bits per heavy atom. The van der Waals surface area contributed by atoms with Crippen molar-refractivity contribution in [3.05, 3.63) is 35.2 Å². The summed E-state index contributed by atoms with van der Waals surface area (Å²) in [4.78, 5) is 20.4. The van der Waals surface area contributed by atoms with Crippen molar-refractivity contribution in [1.82, 2.24) is 0 Å². The van der Waals surface area contributed by atoms with Crippen molar-refractivity contribution in [1.29, 1.82) is 0 Å². The van der Waals surface area contributed by atoms with Crippen LogP contribution in [-0.4, -0.2) is 12.5 Å². The zero-order valence-corrected chi connectivity index (χ0v) is 9.71. The summed E-state index contributed by atoms with van der Waals surface area (Å²) in [7, 11) is 0. The van der Waals surface area contributed by atoms with Crippen LogP contribution in [0.5, 0.6) is 0 Å². The summed E-state index contributed by atoms with van der Waals surface area (Å²) in [5.41, 5.74) is 0.432. The minimum atomic E-state index is -1.34. The molecule has 68 valence electrons. The maximum Gasteiger partial charge on any atom is 1.00 e. The third-order valence-electron chi connectivity index (χ3n) is 1.43. The van der Waals surface area contributed by atoms with Gasteiger partial charge >= 0.3 is 29.6 Å². The summed E-state index contributed by atoms with van der Waals surface area (Å²) in [6.45, 7) is -0.534. The van der Waals surface area contributed by atoms with Gasteiger partial charge in [0.05, 0.1) is 23.5 Å². The first-order chi connectivity index (χ1) is 6.24. The smallest absolute Gasteiger partial charge is 0.548 e. The Hall–Kier alpha value is -0.910. The molecule has 1 aromatic carbocycles. The molecule has 6 heteroatoms. The fourth-order valence-corrected chi connectivity index (χ4v) is 0.890. The number of nitroso groups, excluding NO2 is 1. The van der Waals surface area contributed by atoms with E-state index in [-0.39, 0.29) is 29.6 Å². The van der Waals surface area contributed by atoms with Crippen LogP contribution >= 0.6 is 0 Å². The largest absolute Gasteiger partial charge is 1.00 e. The molecule has 5 nitrogen and oxygen atoms in total. The first-order valence-electron chi connectivity index (χ1n) is 3.59. The molecule has 0 spiro atoms. The van der Waals surface area contributed by atoms with Crippen molar-refractivity contribution in [3.8, 4) is 0 Å². The maximum absolute atomic E-state index is 10.2. The summed E-state index contributed by atoms with van der Waals surface area (Å²) < 4.78 is 0. The average molecular weight is 202 g/mol. The molecule has 0 atom stereocenters. The monoisotopic (exact) mass is 202 g/mol. The Labute approximate surface area is 103 Å². The fourth-order valence-electron chi connectivity index (χ4n) is 0.890. The van der Waals surface area contributed by atoms with Gasteiger partial charge in [-0.15, -0.1) is 4.91 Å². The summed E-state index contributed by atoms with van der Waals surface area (Å²) in [5.74, 6) is -1.34. The van der Waals surface area contributed by atoms with Crippen LogP contribution in [0.2, 0.25) is 0 Å². The summed E-state index contributed by atoms with van der Waals surface area (Å²) >= 11 is 0. The van der Waals surface area contributed by atoms with Gasteiger partial charge in [-0.25, -0.2) is 5.01 Å². The van der Waals surface area contributed by atoms with Gasteiger partial charge < -0.3 is 9.90 Å². The molecule has 0 radical (unpaired) electrons. The number of carboxylic acids is 1. The second-order valence-electron chi connectivity index (χ2n) is 2.35. The van der Waals surface area contributed by atoms with E-state index in [4.69, 9.17) is 0 Å². The molecule has 0 aliphatic carbocycles. The van der Waals surface area contributed by atoms with E-state index in [0.29, 0.717) is 5.69 Å². The quantitative estimate of drug-likeness (QED) is 0.295. The van der Waals surface area contributed by atoms with E-state index < -0.39 is 12.5 Å². The standard InChI is InChI=1S/C8H8N2O3.Na/c11-8(12)6-10(9-13)7-4-2-1-3-5-7;/h1-5H,6H2,(H,11,12);/q;+1/p-1. The number of aliphatic carboxylic acids is 1. The van der Waals surface area contributed by atoms with E-state index in [1.54, 1.807) is 30.3 Å². The van der Waals surface area contributed by atoms with E-state index in [9.17, 15) is 14.8 Å². The van der Waals surface area contributed by atoms with E-state index in [1.807, 2.05) is 0 Å². The van der Waals surface area contributed by atoms with Gasteiger partial charge in [-0.2, -0.15) is 0 Å². The fraction of sp³-hybridized carbons (Fsp3) is 0.125. The Balaban J connectivity index is 0.00000169. The maximum atomic E-state index is 10.2. The number of anilines is 1. The third-order valence-corrected chi connectivity index (χ3v) is 1.43. The van der Waals surface area contributed by atoms with Gasteiger partial charge in [0.25, 0.3) is 0 Å². The molecule has 1 aromatic rings. The van der Waals surface area contributed by atoms with Crippen molar-refractivity contribution < 1.29 is 39.5 Å². The first kappa shape index (κ1) is 13.1. The van der Waals surface area contributed by atoms with E-state index in [0.717, 1.165) is 5.01 Å². The molecule has 0 saturated heterocycles. The first-order valence-corrected chi connectivity index (χ1v) is 3.59. The number of carboxylic acid groups (broad SMARTS) is 1. The summed E-state index contributed by atoms with van der Waals surface area (Å²) in [5, 5.41) is 13.6. The van der Waals surface area contributed by atoms with Crippen molar-refractivity contribution in [2.24, 2.45) is 5.29 Å². The molecule has 0 N–H and O–H groups in total. The number of carbonyl (C=O) groups is 1. The van der Waals surface area contributed by atoms with Gasteiger partial charge in [0.1, 0.15) is 0 Å². The van der Waals surface area contributed by atoms with E-state index in [2.05, 4.69) is 5.29 Å². The minimum absolute atomic E-state index is 0. The van der Waals surface area contributed by atoms with Crippen LogP contribution in [0.15, 0.2) is 35.6 Å². The Kier molecular flexibility index (Phi) is 6.11. The van der Waals surface area contributed by atoms with Crippen LogP contribution in [0.4, 0.5) is 5.69 Å². The number of benzene rings is 1. The van der Waals surface area contributed by atoms with Crippen LogP contribution in [0.25, 0.3) is 0 Å². The normalized spacial score (nSPS) is 8.57. The van der Waals surface area contributed by atoms with Crippen LogP contribution < -0.4 is 39.7 Å². The van der Waals surface area contributed by atoms with Crippen LogP contribution in [-0.2, 0) is 4.79 Å². The van der Waals surface area contributed by atoms with E-state index in [1.165, 1.54) is 0 Å². The molecule has 14 heavy (non-hydrogen) atoms. The molecular formula is C8H7N2NaO3. The number of para-hydroxylation sites is 1. The third kappa shape index (κ3) is 3.87. The Bertz CT molecular complexity index is 305. The zero-order valence-electron chi connectivity index (χ0n) is 7.71. The molecule has 0 fully saturated rings. The van der Waals surface area contributed by atoms with Crippen molar-refractivity contribution in [3.63, 3.8) is 0 Å². The molecule has 0 bridgehead atoms. The second kappa shape index (κ2) is 6.53. The molecule has 0 amide bonds. The van der Waals surface area contributed by atoms with Gasteiger partial charge in [0.15, 0.2) is 0 Å². The summed E-state index contributed by atoms with van der Waals surface area (Å²) in [6.07, 6.45) is 0. The van der Waals surface area contributed by atoms with Gasteiger partial charge in [-0.1, -0.05) is 18.2 Å². The van der Waals surface area contributed by atoms with Gasteiger partial charge in [-0.05, 0) is 12.1 Å². The van der Waals surface area contributed by atoms with Crippen molar-refractivity contribution in [2.45, 2.75) is 0 Å². The topological polar surface area (TPSA) is 72.8 Å². The molecule has 0 aromatic heterocycles. The molecule has 0 unspecified atom stereocenters. The molecule has 0 aliphatic heterocycles. The number of hydrogen-bond acceptors (Lipinski definition) is 4. The Morgan fingerprint density at radius 3 is 2.36 bits per heavy atom. The molecule has 1 rings (SSSR count). The van der Waals surface area contributed by atoms with Gasteiger partial charge in [0.2, 0.25) is 0 Å². The zero-order chi connectivity index (χ0) is 9.68. The van der Waals surface area contributed by atoms with E-state index >= 15 is 0 Å². The average Bonchev–Trinajstić information content (AvgIpc) is 2.15. The molecule has 0 heterocycles. The van der Waals surface area contributed by atoms with Gasteiger partial charge in [0, 0.05) is 0 Å². The van der Waals surface area contributed by atoms with Crippen LogP contribution in [0, 0.1) is 4.91 Å². The van der Waals surface area contributed by atoms with Crippen LogP contribution in [0.3, 0.4) is 0 Å². The number of carbonyl (C=O) groups excluding carboxylic acids is 1. The minimum Gasteiger partial charge on any atom is -0.548 e. The predicted molar refractivity (Wildman–Crippen MR) is 44.6 cm³/mol. The predicted octanol–water partition coefficient (Wildman–Crippen LogP) is -3.07. The van der Waals surface area contributed by atoms with Crippen molar-refractivity contribution >= 4 is 11.7 Å². The number of rotatable bonds is 4. The Morgan fingerprint density at radius 2 is 1.93 bits per heavy atom. The number of nitrogens with zero attached hydrogens (tertiary/aromatic N) is 2.